The highest BCUT2D eigenvalue weighted by Crippen LogP contribution is 2.16. The standard InChI is InChI=1S/C23H28F2N2O2/c1-4-16(3)26-23(29)21(5-2)27(15-17-10-12-19(24)13-11-17)22(28)14-18-8-6-7-9-20(18)25/h6-13,16,21H,4-5,14-15H2,1-3H3,(H,26,29)/t16-,21-/m1/s1. The SMILES string of the molecule is CC[C@@H](C)NC(=O)[C@@H](CC)N(Cc1ccc(F)cc1)C(=O)Cc1ccccc1F. The topological polar surface area (TPSA) is 49.4 Å². The van der Waals surface area contributed by atoms with Gasteiger partial charge in [0.15, 0.2) is 0 Å². The quantitative estimate of drug-likeness (QED) is 0.682. The van der Waals surface area contributed by atoms with Gasteiger partial charge in [0.05, 0.1) is 6.42 Å². The molecule has 2 aromatic rings. The minimum atomic E-state index is -0.701. The van der Waals surface area contributed by atoms with Crippen LogP contribution in [0.4, 0.5) is 8.78 Å². The molecule has 0 radical (unpaired) electrons. The first-order valence-electron chi connectivity index (χ1n) is 9.93. The van der Waals surface area contributed by atoms with Gasteiger partial charge in [-0.2, -0.15) is 0 Å². The highest BCUT2D eigenvalue weighted by atomic mass is 19.1. The summed E-state index contributed by atoms with van der Waals surface area (Å²) in [5.41, 5.74) is 0.974. The summed E-state index contributed by atoms with van der Waals surface area (Å²) in [5, 5.41) is 2.92. The van der Waals surface area contributed by atoms with Crippen LogP contribution in [0.1, 0.15) is 44.7 Å². The normalized spacial score (nSPS) is 12.9. The van der Waals surface area contributed by atoms with Crippen molar-refractivity contribution in [2.24, 2.45) is 0 Å². The lowest BCUT2D eigenvalue weighted by Crippen LogP contribution is -2.51. The molecule has 6 heteroatoms. The van der Waals surface area contributed by atoms with Crippen LogP contribution in [0.25, 0.3) is 0 Å². The molecule has 0 unspecified atom stereocenters. The Kier molecular flexibility index (Phi) is 8.31. The lowest BCUT2D eigenvalue weighted by atomic mass is 10.1. The predicted octanol–water partition coefficient (Wildman–Crippen LogP) is 4.23. The van der Waals surface area contributed by atoms with Gasteiger partial charge in [-0.3, -0.25) is 9.59 Å². The van der Waals surface area contributed by atoms with Gasteiger partial charge < -0.3 is 10.2 Å². The van der Waals surface area contributed by atoms with Crippen LogP contribution in [0, 0.1) is 11.6 Å². The van der Waals surface area contributed by atoms with Gasteiger partial charge in [0.25, 0.3) is 0 Å². The molecule has 2 amide bonds. The number of hydrogen-bond acceptors (Lipinski definition) is 2. The average molecular weight is 402 g/mol. The summed E-state index contributed by atoms with van der Waals surface area (Å²) in [6, 6.07) is 11.2. The summed E-state index contributed by atoms with van der Waals surface area (Å²) >= 11 is 0. The van der Waals surface area contributed by atoms with Crippen molar-refractivity contribution >= 4 is 11.8 Å². The molecular weight excluding hydrogens is 374 g/mol. The van der Waals surface area contributed by atoms with E-state index in [1.807, 2.05) is 20.8 Å². The van der Waals surface area contributed by atoms with E-state index in [9.17, 15) is 18.4 Å². The van der Waals surface area contributed by atoms with Crippen molar-refractivity contribution < 1.29 is 18.4 Å². The van der Waals surface area contributed by atoms with Crippen molar-refractivity contribution in [3.8, 4) is 0 Å². The van der Waals surface area contributed by atoms with E-state index in [1.54, 1.807) is 30.3 Å². The fraction of sp³-hybridized carbons (Fsp3) is 0.391. The molecule has 4 nitrogen and oxygen atoms in total. The predicted molar refractivity (Wildman–Crippen MR) is 109 cm³/mol. The maximum absolute atomic E-state index is 14.1. The maximum atomic E-state index is 14.1. The fourth-order valence-electron chi connectivity index (χ4n) is 3.05. The number of benzene rings is 2. The zero-order valence-corrected chi connectivity index (χ0v) is 17.1. The van der Waals surface area contributed by atoms with Gasteiger partial charge in [0.1, 0.15) is 17.7 Å². The monoisotopic (exact) mass is 402 g/mol. The number of hydrogen-bond donors (Lipinski definition) is 1. The third-order valence-corrected chi connectivity index (χ3v) is 4.95. The summed E-state index contributed by atoms with van der Waals surface area (Å²) in [4.78, 5) is 27.4. The van der Waals surface area contributed by atoms with Crippen molar-refractivity contribution in [2.75, 3.05) is 0 Å². The first kappa shape index (κ1) is 22.5. The van der Waals surface area contributed by atoms with Crippen LogP contribution in [-0.2, 0) is 22.6 Å². The van der Waals surface area contributed by atoms with Crippen LogP contribution in [-0.4, -0.2) is 28.8 Å². The Bertz CT molecular complexity index is 824. The molecule has 2 atom stereocenters. The third kappa shape index (κ3) is 6.38. The van der Waals surface area contributed by atoms with E-state index in [2.05, 4.69) is 5.32 Å². The van der Waals surface area contributed by atoms with Crippen LogP contribution in [0.15, 0.2) is 48.5 Å². The van der Waals surface area contributed by atoms with E-state index < -0.39 is 11.9 Å². The van der Waals surface area contributed by atoms with Crippen LogP contribution in [0.5, 0.6) is 0 Å². The van der Waals surface area contributed by atoms with Crippen molar-refractivity contribution in [3.63, 3.8) is 0 Å². The number of carbonyl (C=O) groups is 2. The molecule has 2 aromatic carbocycles. The van der Waals surface area contributed by atoms with Crippen molar-refractivity contribution in [3.05, 3.63) is 71.3 Å². The van der Waals surface area contributed by atoms with Crippen molar-refractivity contribution in [2.45, 2.75) is 58.7 Å². The number of carbonyl (C=O) groups excluding carboxylic acids is 2. The number of halogens is 2. The van der Waals surface area contributed by atoms with Gasteiger partial charge in [-0.05, 0) is 49.1 Å². The molecule has 0 aromatic heterocycles. The van der Waals surface area contributed by atoms with Crippen LogP contribution in [0.3, 0.4) is 0 Å². The van der Waals surface area contributed by atoms with Crippen LogP contribution in [0.2, 0.25) is 0 Å². The van der Waals surface area contributed by atoms with Crippen LogP contribution >= 0.6 is 0 Å². The summed E-state index contributed by atoms with van der Waals surface area (Å²) in [6.07, 6.45) is 1.02. The molecule has 0 aliphatic rings. The van der Waals surface area contributed by atoms with E-state index >= 15 is 0 Å². The largest absolute Gasteiger partial charge is 0.352 e. The van der Waals surface area contributed by atoms with Gasteiger partial charge in [-0.25, -0.2) is 8.78 Å². The van der Waals surface area contributed by atoms with Gasteiger partial charge in [0, 0.05) is 12.6 Å². The molecule has 0 spiro atoms. The molecular formula is C23H28F2N2O2. The Morgan fingerprint density at radius 3 is 2.24 bits per heavy atom. The molecule has 0 aliphatic carbocycles. The smallest absolute Gasteiger partial charge is 0.243 e. The Hall–Kier alpha value is -2.76. The Morgan fingerprint density at radius 2 is 1.66 bits per heavy atom. The minimum Gasteiger partial charge on any atom is -0.352 e. The lowest BCUT2D eigenvalue weighted by molar-refractivity contribution is -0.141. The molecule has 0 aliphatic heterocycles. The second kappa shape index (κ2) is 10.7. The van der Waals surface area contributed by atoms with E-state index in [0.29, 0.717) is 12.0 Å². The molecule has 29 heavy (non-hydrogen) atoms. The number of rotatable bonds is 9. The van der Waals surface area contributed by atoms with Gasteiger partial charge in [0.2, 0.25) is 11.8 Å². The molecule has 0 bridgehead atoms. The maximum Gasteiger partial charge on any atom is 0.243 e. The minimum absolute atomic E-state index is 0.0223. The van der Waals surface area contributed by atoms with E-state index in [1.165, 1.54) is 23.1 Å². The molecule has 0 saturated carbocycles. The molecule has 1 N–H and O–H groups in total. The summed E-state index contributed by atoms with van der Waals surface area (Å²) in [5.74, 6) is -1.43. The summed E-state index contributed by atoms with van der Waals surface area (Å²) in [6.45, 7) is 5.83. The fourth-order valence-corrected chi connectivity index (χ4v) is 3.05. The highest BCUT2D eigenvalue weighted by Gasteiger charge is 2.29. The molecule has 156 valence electrons. The van der Waals surface area contributed by atoms with E-state index in [-0.39, 0.29) is 42.2 Å². The van der Waals surface area contributed by atoms with Crippen LogP contribution < -0.4 is 5.32 Å². The zero-order valence-electron chi connectivity index (χ0n) is 17.1. The Labute approximate surface area is 170 Å². The second-order valence-electron chi connectivity index (χ2n) is 7.16. The Morgan fingerprint density at radius 1 is 1.00 bits per heavy atom. The first-order valence-corrected chi connectivity index (χ1v) is 9.93. The molecule has 0 fully saturated rings. The number of nitrogens with zero attached hydrogens (tertiary/aromatic N) is 1. The lowest BCUT2D eigenvalue weighted by Gasteiger charge is -2.31. The van der Waals surface area contributed by atoms with Crippen molar-refractivity contribution in [1.29, 1.82) is 0 Å². The first-order chi connectivity index (χ1) is 13.8. The Balaban J connectivity index is 2.29. The van der Waals surface area contributed by atoms with Crippen molar-refractivity contribution in [1.82, 2.24) is 10.2 Å². The van der Waals surface area contributed by atoms with E-state index in [0.717, 1.165) is 6.42 Å². The molecule has 2 rings (SSSR count). The summed E-state index contributed by atoms with van der Waals surface area (Å²) < 4.78 is 27.3. The van der Waals surface area contributed by atoms with E-state index in [4.69, 9.17) is 0 Å². The van der Waals surface area contributed by atoms with Gasteiger partial charge in [-0.1, -0.05) is 44.2 Å². The summed E-state index contributed by atoms with van der Waals surface area (Å²) in [7, 11) is 0. The average Bonchev–Trinajstić information content (AvgIpc) is 2.70. The number of amides is 2. The zero-order chi connectivity index (χ0) is 21.4. The third-order valence-electron chi connectivity index (χ3n) is 4.95. The number of nitrogens with one attached hydrogen (secondary N) is 1. The van der Waals surface area contributed by atoms with Gasteiger partial charge >= 0.3 is 0 Å². The van der Waals surface area contributed by atoms with Gasteiger partial charge in [-0.15, -0.1) is 0 Å². The highest BCUT2D eigenvalue weighted by molar-refractivity contribution is 5.88. The molecule has 0 heterocycles. The second-order valence-corrected chi connectivity index (χ2v) is 7.16. The molecule has 0 saturated heterocycles.